The second kappa shape index (κ2) is 11.2. The van der Waals surface area contributed by atoms with Crippen LogP contribution in [0.25, 0.3) is 5.57 Å². The average molecular weight is 513 g/mol. The van der Waals surface area contributed by atoms with Crippen molar-refractivity contribution in [3.05, 3.63) is 65.7 Å². The van der Waals surface area contributed by atoms with Crippen LogP contribution < -0.4 is 4.74 Å². The van der Waals surface area contributed by atoms with E-state index in [2.05, 4.69) is 6.08 Å². The molecule has 0 fully saturated rings. The van der Waals surface area contributed by atoms with Gasteiger partial charge in [-0.3, -0.25) is 4.79 Å². The molecule has 8 heteroatoms. The van der Waals surface area contributed by atoms with Gasteiger partial charge in [-0.15, -0.1) is 0 Å². The standard InChI is InChI=1S/C28H36N2O5S/c1-20-17-30(21(2)19-31)36(33,34)27-15-14-24(22-10-6-4-7-11-22)16-25(27)35-26(20)18-29(3)28(32)23-12-8-5-9-13-23/h5,8-10,12-16,20-21,26,31H,4,6-7,11,17-19H2,1-3H3/t20-,21+,26-/m0/s1. The summed E-state index contributed by atoms with van der Waals surface area (Å²) in [5.74, 6) is -0.0558. The van der Waals surface area contributed by atoms with E-state index in [9.17, 15) is 18.3 Å². The molecule has 194 valence electrons. The summed E-state index contributed by atoms with van der Waals surface area (Å²) in [6.45, 7) is 3.81. The summed E-state index contributed by atoms with van der Waals surface area (Å²) in [5, 5.41) is 9.84. The van der Waals surface area contributed by atoms with Gasteiger partial charge in [-0.25, -0.2) is 8.42 Å². The highest BCUT2D eigenvalue weighted by molar-refractivity contribution is 7.89. The molecule has 2 aromatic rings. The second-order valence-corrected chi connectivity index (χ2v) is 11.8. The molecule has 0 aromatic heterocycles. The highest BCUT2D eigenvalue weighted by atomic mass is 32.2. The predicted octanol–water partition coefficient (Wildman–Crippen LogP) is 4.18. The van der Waals surface area contributed by atoms with E-state index < -0.39 is 22.2 Å². The molecular weight excluding hydrogens is 476 g/mol. The van der Waals surface area contributed by atoms with Gasteiger partial charge >= 0.3 is 0 Å². The Morgan fingerprint density at radius 1 is 1.19 bits per heavy atom. The van der Waals surface area contributed by atoms with Gasteiger partial charge < -0.3 is 14.7 Å². The molecular formula is C28H36N2O5S. The number of hydrogen-bond acceptors (Lipinski definition) is 5. The van der Waals surface area contributed by atoms with E-state index in [4.69, 9.17) is 4.74 Å². The molecule has 1 aliphatic heterocycles. The number of carbonyl (C=O) groups is 1. The maximum absolute atomic E-state index is 13.7. The third-order valence-electron chi connectivity index (χ3n) is 7.15. The summed E-state index contributed by atoms with van der Waals surface area (Å²) in [4.78, 5) is 14.7. The highest BCUT2D eigenvalue weighted by Crippen LogP contribution is 2.37. The van der Waals surface area contributed by atoms with E-state index in [1.165, 1.54) is 9.88 Å². The molecule has 1 N–H and O–H groups in total. The molecule has 36 heavy (non-hydrogen) atoms. The number of sulfonamides is 1. The first-order chi connectivity index (χ1) is 17.2. The molecule has 0 saturated heterocycles. The lowest BCUT2D eigenvalue weighted by Gasteiger charge is -2.37. The Morgan fingerprint density at radius 2 is 1.94 bits per heavy atom. The van der Waals surface area contributed by atoms with Crippen molar-refractivity contribution in [1.82, 2.24) is 9.21 Å². The fourth-order valence-corrected chi connectivity index (χ4v) is 6.72. The smallest absolute Gasteiger partial charge is 0.253 e. The molecule has 2 aliphatic rings. The lowest BCUT2D eigenvalue weighted by atomic mass is 9.93. The van der Waals surface area contributed by atoms with Crippen LogP contribution in [-0.4, -0.2) is 67.5 Å². The van der Waals surface area contributed by atoms with Crippen LogP contribution in [-0.2, 0) is 10.0 Å². The van der Waals surface area contributed by atoms with E-state index in [1.807, 2.05) is 37.3 Å². The number of fused-ring (bicyclic) bond motifs is 1. The third-order valence-corrected chi connectivity index (χ3v) is 9.17. The monoisotopic (exact) mass is 512 g/mol. The topological polar surface area (TPSA) is 87.2 Å². The Balaban J connectivity index is 1.72. The minimum Gasteiger partial charge on any atom is -0.487 e. The summed E-state index contributed by atoms with van der Waals surface area (Å²) >= 11 is 0. The SMILES string of the molecule is C[C@H](CO)N1C[C@H](C)[C@H](CN(C)C(=O)c2ccccc2)Oc2cc(C3=CCCCC3)ccc2S1(=O)=O. The Hall–Kier alpha value is -2.68. The maximum Gasteiger partial charge on any atom is 0.253 e. The minimum atomic E-state index is -3.90. The van der Waals surface area contributed by atoms with Crippen LogP contribution in [0.2, 0.25) is 0 Å². The normalized spacial score (nSPS) is 22.8. The fourth-order valence-electron chi connectivity index (χ4n) is 4.90. The van der Waals surface area contributed by atoms with Gasteiger partial charge in [0.25, 0.3) is 5.91 Å². The third kappa shape index (κ3) is 5.51. The lowest BCUT2D eigenvalue weighted by Crippen LogP contribution is -2.50. The molecule has 3 atom stereocenters. The first-order valence-electron chi connectivity index (χ1n) is 12.7. The molecule has 4 rings (SSSR count). The zero-order valence-corrected chi connectivity index (χ0v) is 22.1. The molecule has 0 unspecified atom stereocenters. The summed E-state index contributed by atoms with van der Waals surface area (Å²) in [7, 11) is -2.16. The van der Waals surface area contributed by atoms with Gasteiger partial charge in [-0.05, 0) is 68.0 Å². The van der Waals surface area contributed by atoms with Gasteiger partial charge in [0.05, 0.1) is 13.2 Å². The molecule has 1 amide bonds. The van der Waals surface area contributed by atoms with E-state index in [-0.39, 0.29) is 29.9 Å². The number of carbonyl (C=O) groups excluding carboxylic acids is 1. The Labute approximate surface area is 214 Å². The summed E-state index contributed by atoms with van der Waals surface area (Å²) < 4.78 is 35.2. The number of amides is 1. The van der Waals surface area contributed by atoms with Crippen molar-refractivity contribution in [2.24, 2.45) is 5.92 Å². The van der Waals surface area contributed by atoms with E-state index in [1.54, 1.807) is 37.1 Å². The molecule has 0 bridgehead atoms. The van der Waals surface area contributed by atoms with Crippen LogP contribution in [0, 0.1) is 5.92 Å². The molecule has 7 nitrogen and oxygen atoms in total. The van der Waals surface area contributed by atoms with Gasteiger partial charge in [0.15, 0.2) is 0 Å². The molecule has 2 aromatic carbocycles. The summed E-state index contributed by atoms with van der Waals surface area (Å²) in [5.41, 5.74) is 2.75. The van der Waals surface area contributed by atoms with Crippen LogP contribution in [0.3, 0.4) is 0 Å². The van der Waals surface area contributed by atoms with E-state index in [0.717, 1.165) is 31.2 Å². The van der Waals surface area contributed by atoms with Gasteiger partial charge in [-0.1, -0.05) is 37.3 Å². The van der Waals surface area contributed by atoms with Crippen LogP contribution >= 0.6 is 0 Å². The predicted molar refractivity (Wildman–Crippen MR) is 140 cm³/mol. The van der Waals surface area contributed by atoms with Crippen molar-refractivity contribution in [1.29, 1.82) is 0 Å². The van der Waals surface area contributed by atoms with Crippen LogP contribution in [0.15, 0.2) is 59.5 Å². The first kappa shape index (κ1) is 26.4. The number of likely N-dealkylation sites (N-methyl/N-ethyl adjacent to an activating group) is 1. The quantitative estimate of drug-likeness (QED) is 0.627. The minimum absolute atomic E-state index is 0.0944. The number of rotatable bonds is 6. The van der Waals surface area contributed by atoms with Gasteiger partial charge in [-0.2, -0.15) is 4.31 Å². The van der Waals surface area contributed by atoms with Gasteiger partial charge in [0, 0.05) is 31.1 Å². The zero-order chi connectivity index (χ0) is 25.9. The van der Waals surface area contributed by atoms with E-state index >= 15 is 0 Å². The van der Waals surface area contributed by atoms with Crippen molar-refractivity contribution < 1.29 is 23.1 Å². The molecule has 1 aliphatic carbocycles. The molecule has 0 saturated carbocycles. The number of ether oxygens (including phenoxy) is 1. The zero-order valence-electron chi connectivity index (χ0n) is 21.3. The van der Waals surface area contributed by atoms with Crippen LogP contribution in [0.1, 0.15) is 55.5 Å². The number of hydrogen-bond donors (Lipinski definition) is 1. The number of allylic oxidation sites excluding steroid dienone is 2. The number of benzene rings is 2. The van der Waals surface area contributed by atoms with Crippen molar-refractivity contribution in [3.8, 4) is 5.75 Å². The number of aliphatic hydroxyl groups is 1. The first-order valence-corrected chi connectivity index (χ1v) is 14.1. The average Bonchev–Trinajstić information content (AvgIpc) is 2.90. The van der Waals surface area contributed by atoms with Crippen molar-refractivity contribution >= 4 is 21.5 Å². The second-order valence-electron chi connectivity index (χ2n) is 9.93. The van der Waals surface area contributed by atoms with Gasteiger partial charge in [0.2, 0.25) is 10.0 Å². The van der Waals surface area contributed by atoms with Crippen LogP contribution in [0.5, 0.6) is 5.75 Å². The van der Waals surface area contributed by atoms with E-state index in [0.29, 0.717) is 17.9 Å². The summed E-state index contributed by atoms with van der Waals surface area (Å²) in [6.07, 6.45) is 6.01. The number of nitrogens with zero attached hydrogens (tertiary/aromatic N) is 2. The van der Waals surface area contributed by atoms with Crippen LogP contribution in [0.4, 0.5) is 0 Å². The molecule has 0 spiro atoms. The maximum atomic E-state index is 13.7. The van der Waals surface area contributed by atoms with Crippen molar-refractivity contribution in [3.63, 3.8) is 0 Å². The van der Waals surface area contributed by atoms with Crippen molar-refractivity contribution in [2.45, 2.75) is 56.6 Å². The number of aliphatic hydroxyl groups excluding tert-OH is 1. The van der Waals surface area contributed by atoms with Crippen molar-refractivity contribution in [2.75, 3.05) is 26.7 Å². The molecule has 1 heterocycles. The fraction of sp³-hybridized carbons (Fsp3) is 0.464. The van der Waals surface area contributed by atoms with Gasteiger partial charge in [0.1, 0.15) is 16.7 Å². The highest BCUT2D eigenvalue weighted by Gasteiger charge is 2.38. The Morgan fingerprint density at radius 3 is 2.61 bits per heavy atom. The summed E-state index contributed by atoms with van der Waals surface area (Å²) in [6, 6.07) is 13.8. The largest absolute Gasteiger partial charge is 0.487 e. The molecule has 0 radical (unpaired) electrons. The lowest BCUT2D eigenvalue weighted by molar-refractivity contribution is 0.0563. The Kier molecular flexibility index (Phi) is 8.17. The Bertz CT molecular complexity index is 1210.